The van der Waals surface area contributed by atoms with Gasteiger partial charge in [-0.2, -0.15) is 0 Å². The van der Waals surface area contributed by atoms with Crippen molar-refractivity contribution in [2.24, 2.45) is 0 Å². The first kappa shape index (κ1) is 8.20. The quantitative estimate of drug-likeness (QED) is 0.715. The van der Waals surface area contributed by atoms with Crippen molar-refractivity contribution in [2.45, 2.75) is 13.5 Å². The summed E-state index contributed by atoms with van der Waals surface area (Å²) in [7, 11) is 0. The van der Waals surface area contributed by atoms with E-state index in [9.17, 15) is 0 Å². The molecule has 0 aliphatic carbocycles. The Labute approximate surface area is 76.9 Å². The van der Waals surface area contributed by atoms with E-state index in [1.165, 1.54) is 10.9 Å². The average Bonchev–Trinajstić information content (AvgIpc) is 2.19. The number of aromatic nitrogens is 1. The van der Waals surface area contributed by atoms with Gasteiger partial charge in [-0.25, -0.2) is 0 Å². The number of hydrogen-bond acceptors (Lipinski definition) is 2. The minimum absolute atomic E-state index is 0.0719. The molecule has 1 aromatic carbocycles. The Morgan fingerprint density at radius 3 is 2.85 bits per heavy atom. The van der Waals surface area contributed by atoms with Crippen molar-refractivity contribution in [2.75, 3.05) is 0 Å². The molecule has 13 heavy (non-hydrogen) atoms. The summed E-state index contributed by atoms with van der Waals surface area (Å²) in [5.41, 5.74) is 2.16. The molecule has 1 aromatic heterocycles. The summed E-state index contributed by atoms with van der Waals surface area (Å²) in [6, 6.07) is 5.94. The van der Waals surface area contributed by atoms with Crippen molar-refractivity contribution in [3.05, 3.63) is 41.7 Å². The van der Waals surface area contributed by atoms with Gasteiger partial charge >= 0.3 is 0 Å². The van der Waals surface area contributed by atoms with Crippen molar-refractivity contribution < 1.29 is 5.11 Å². The maximum atomic E-state index is 9.10. The molecule has 0 aliphatic heterocycles. The molecule has 0 spiro atoms. The number of pyridine rings is 1. The molecule has 0 aliphatic rings. The number of aliphatic hydroxyl groups is 1. The summed E-state index contributed by atoms with van der Waals surface area (Å²) in [5, 5.41) is 11.3. The number of hydrogen-bond donors (Lipinski definition) is 1. The molecule has 2 heteroatoms. The Hall–Kier alpha value is -1.41. The molecule has 2 nitrogen and oxygen atoms in total. The van der Waals surface area contributed by atoms with Crippen LogP contribution in [-0.4, -0.2) is 10.1 Å². The van der Waals surface area contributed by atoms with Gasteiger partial charge in [0.25, 0.3) is 0 Å². The third-order valence-electron chi connectivity index (χ3n) is 2.30. The Balaban J connectivity index is 2.84. The summed E-state index contributed by atoms with van der Waals surface area (Å²) >= 11 is 0. The smallest absolute Gasteiger partial charge is 0.0688 e. The summed E-state index contributed by atoms with van der Waals surface area (Å²) < 4.78 is 0. The fraction of sp³-hybridized carbons (Fsp3) is 0.182. The maximum absolute atomic E-state index is 9.10. The highest BCUT2D eigenvalue weighted by Crippen LogP contribution is 2.20. The van der Waals surface area contributed by atoms with Gasteiger partial charge in [0.15, 0.2) is 0 Å². The van der Waals surface area contributed by atoms with E-state index < -0.39 is 0 Å². The van der Waals surface area contributed by atoms with Crippen LogP contribution in [0.4, 0.5) is 0 Å². The van der Waals surface area contributed by atoms with E-state index in [-0.39, 0.29) is 6.61 Å². The number of rotatable bonds is 1. The molecule has 0 amide bonds. The highest BCUT2D eigenvalue weighted by molar-refractivity contribution is 5.87. The molecule has 0 unspecified atom stereocenters. The molecule has 0 atom stereocenters. The standard InChI is InChI=1S/C11H11NO/c1-8-2-3-9(7-13)11-6-12-5-4-10(8)11/h2-6,13H,7H2,1H3. The van der Waals surface area contributed by atoms with E-state index in [4.69, 9.17) is 5.11 Å². The number of nitrogens with zero attached hydrogens (tertiary/aromatic N) is 1. The average molecular weight is 173 g/mol. The fourth-order valence-electron chi connectivity index (χ4n) is 1.54. The van der Waals surface area contributed by atoms with Crippen molar-refractivity contribution in [3.8, 4) is 0 Å². The summed E-state index contributed by atoms with van der Waals surface area (Å²) in [6.45, 7) is 2.13. The van der Waals surface area contributed by atoms with Gasteiger partial charge in [0.2, 0.25) is 0 Å². The molecular weight excluding hydrogens is 162 g/mol. The van der Waals surface area contributed by atoms with Gasteiger partial charge in [0, 0.05) is 17.8 Å². The van der Waals surface area contributed by atoms with Gasteiger partial charge in [-0.1, -0.05) is 12.1 Å². The van der Waals surface area contributed by atoms with Gasteiger partial charge < -0.3 is 5.11 Å². The summed E-state index contributed by atoms with van der Waals surface area (Å²) in [6.07, 6.45) is 3.57. The van der Waals surface area contributed by atoms with Gasteiger partial charge in [0.05, 0.1) is 6.61 Å². The fourth-order valence-corrected chi connectivity index (χ4v) is 1.54. The molecule has 2 aromatic rings. The first-order valence-corrected chi connectivity index (χ1v) is 4.26. The third-order valence-corrected chi connectivity index (χ3v) is 2.30. The van der Waals surface area contributed by atoms with E-state index in [2.05, 4.69) is 11.9 Å². The molecule has 0 saturated heterocycles. The van der Waals surface area contributed by atoms with E-state index in [1.54, 1.807) is 12.4 Å². The summed E-state index contributed by atoms with van der Waals surface area (Å²) in [4.78, 5) is 4.05. The molecular formula is C11H11NO. The van der Waals surface area contributed by atoms with Crippen LogP contribution >= 0.6 is 0 Å². The zero-order chi connectivity index (χ0) is 9.26. The Kier molecular flexibility index (Phi) is 1.99. The van der Waals surface area contributed by atoms with Crippen LogP contribution in [0.15, 0.2) is 30.6 Å². The minimum Gasteiger partial charge on any atom is -0.392 e. The molecule has 1 heterocycles. The first-order valence-electron chi connectivity index (χ1n) is 4.26. The van der Waals surface area contributed by atoms with E-state index in [0.29, 0.717) is 0 Å². The lowest BCUT2D eigenvalue weighted by molar-refractivity contribution is 0.283. The van der Waals surface area contributed by atoms with Gasteiger partial charge in [-0.05, 0) is 29.5 Å². The lowest BCUT2D eigenvalue weighted by Crippen LogP contribution is -1.88. The molecule has 1 N–H and O–H groups in total. The highest BCUT2D eigenvalue weighted by atomic mass is 16.3. The second-order valence-electron chi connectivity index (χ2n) is 3.12. The van der Waals surface area contributed by atoms with Crippen LogP contribution < -0.4 is 0 Å². The predicted molar refractivity (Wildman–Crippen MR) is 52.4 cm³/mol. The Morgan fingerprint density at radius 2 is 2.08 bits per heavy atom. The topological polar surface area (TPSA) is 33.1 Å². The number of fused-ring (bicyclic) bond motifs is 1. The van der Waals surface area contributed by atoms with Crippen molar-refractivity contribution in [1.82, 2.24) is 4.98 Å². The van der Waals surface area contributed by atoms with Gasteiger partial charge in [0.1, 0.15) is 0 Å². The van der Waals surface area contributed by atoms with Gasteiger partial charge in [-0.3, -0.25) is 4.98 Å². The number of benzene rings is 1. The van der Waals surface area contributed by atoms with Crippen LogP contribution in [0.1, 0.15) is 11.1 Å². The predicted octanol–water partition coefficient (Wildman–Crippen LogP) is 2.04. The molecule has 0 bridgehead atoms. The molecule has 0 fully saturated rings. The normalized spacial score (nSPS) is 10.6. The lowest BCUT2D eigenvalue weighted by atomic mass is 10.0. The molecule has 0 radical (unpaired) electrons. The van der Waals surface area contributed by atoms with Crippen LogP contribution in [0.2, 0.25) is 0 Å². The molecule has 2 rings (SSSR count). The maximum Gasteiger partial charge on any atom is 0.0688 e. The molecule has 66 valence electrons. The zero-order valence-corrected chi connectivity index (χ0v) is 7.49. The second-order valence-corrected chi connectivity index (χ2v) is 3.12. The van der Waals surface area contributed by atoms with Crippen LogP contribution in [0.5, 0.6) is 0 Å². The van der Waals surface area contributed by atoms with E-state index in [1.807, 2.05) is 18.2 Å². The highest BCUT2D eigenvalue weighted by Gasteiger charge is 2.01. The third kappa shape index (κ3) is 1.29. The lowest BCUT2D eigenvalue weighted by Gasteiger charge is -2.05. The van der Waals surface area contributed by atoms with Crippen LogP contribution in [0, 0.1) is 6.92 Å². The SMILES string of the molecule is Cc1ccc(CO)c2cnccc12. The second kappa shape index (κ2) is 3.15. The summed E-state index contributed by atoms with van der Waals surface area (Å²) in [5.74, 6) is 0. The van der Waals surface area contributed by atoms with E-state index >= 15 is 0 Å². The monoisotopic (exact) mass is 173 g/mol. The number of aryl methyl sites for hydroxylation is 1. The van der Waals surface area contributed by atoms with Gasteiger partial charge in [-0.15, -0.1) is 0 Å². The minimum atomic E-state index is 0.0719. The number of aliphatic hydroxyl groups excluding tert-OH is 1. The van der Waals surface area contributed by atoms with Crippen LogP contribution in [-0.2, 0) is 6.61 Å². The van der Waals surface area contributed by atoms with Crippen molar-refractivity contribution in [1.29, 1.82) is 0 Å². The van der Waals surface area contributed by atoms with Crippen molar-refractivity contribution >= 4 is 10.8 Å². The zero-order valence-electron chi connectivity index (χ0n) is 7.49. The van der Waals surface area contributed by atoms with Crippen LogP contribution in [0.25, 0.3) is 10.8 Å². The van der Waals surface area contributed by atoms with E-state index in [0.717, 1.165) is 10.9 Å². The molecule has 0 saturated carbocycles. The Bertz CT molecular complexity index is 437. The largest absolute Gasteiger partial charge is 0.392 e. The first-order chi connectivity index (χ1) is 6.33. The Morgan fingerprint density at radius 1 is 1.23 bits per heavy atom. The van der Waals surface area contributed by atoms with Crippen molar-refractivity contribution in [3.63, 3.8) is 0 Å². The van der Waals surface area contributed by atoms with Crippen LogP contribution in [0.3, 0.4) is 0 Å².